The van der Waals surface area contributed by atoms with Gasteiger partial charge >= 0.3 is 6.09 Å². The van der Waals surface area contributed by atoms with Gasteiger partial charge < -0.3 is 14.9 Å². The Morgan fingerprint density at radius 1 is 1.24 bits per heavy atom. The van der Waals surface area contributed by atoms with Crippen molar-refractivity contribution in [2.45, 2.75) is 17.6 Å². The van der Waals surface area contributed by atoms with Gasteiger partial charge in [0.1, 0.15) is 17.0 Å². The molecule has 0 bridgehead atoms. The van der Waals surface area contributed by atoms with Crippen LogP contribution in [0.1, 0.15) is 6.42 Å². The van der Waals surface area contributed by atoms with Crippen molar-refractivity contribution in [1.29, 1.82) is 5.26 Å². The molecule has 1 fully saturated rings. The molecule has 13 heteroatoms. The molecule has 1 aliphatic heterocycles. The van der Waals surface area contributed by atoms with E-state index >= 15 is 4.39 Å². The normalized spacial score (nSPS) is 16.1. The number of amides is 1. The maximum atomic E-state index is 16.2. The molecule has 1 atom stereocenters. The Morgan fingerprint density at radius 2 is 1.97 bits per heavy atom. The van der Waals surface area contributed by atoms with Crippen LogP contribution in [0.5, 0.6) is 0 Å². The van der Waals surface area contributed by atoms with Gasteiger partial charge in [0.2, 0.25) is 15.0 Å². The van der Waals surface area contributed by atoms with E-state index in [9.17, 15) is 23.6 Å². The van der Waals surface area contributed by atoms with Gasteiger partial charge in [-0.3, -0.25) is 4.98 Å². The van der Waals surface area contributed by atoms with E-state index in [2.05, 4.69) is 15.0 Å². The van der Waals surface area contributed by atoms with Gasteiger partial charge in [-0.05, 0) is 11.5 Å². The van der Waals surface area contributed by atoms with E-state index < -0.39 is 32.9 Å². The molecule has 0 aliphatic carbocycles. The van der Waals surface area contributed by atoms with E-state index in [1.807, 2.05) is 18.2 Å². The number of benzene rings is 2. The number of fused-ring (bicyclic) bond motifs is 2. The molecule has 5 rings (SSSR count). The molecule has 1 N–H and O–H groups in total. The molecule has 194 valence electrons. The summed E-state index contributed by atoms with van der Waals surface area (Å²) >= 11 is 6.44. The quantitative estimate of drug-likeness (QED) is 0.369. The van der Waals surface area contributed by atoms with Crippen LogP contribution in [0.4, 0.5) is 15.0 Å². The Bertz CT molecular complexity index is 1760. The van der Waals surface area contributed by atoms with Crippen LogP contribution in [0.15, 0.2) is 47.8 Å². The Kier molecular flexibility index (Phi) is 6.50. The summed E-state index contributed by atoms with van der Waals surface area (Å²) in [6, 6.07) is 11.8. The third-order valence-electron chi connectivity index (χ3n) is 6.44. The second-order valence-electron chi connectivity index (χ2n) is 8.87. The topological polar surface area (TPSA) is 140 Å². The molecule has 3 heterocycles. The fourth-order valence-electron chi connectivity index (χ4n) is 4.69. The molecule has 38 heavy (non-hydrogen) atoms. The summed E-state index contributed by atoms with van der Waals surface area (Å²) in [5.74, 6) is -0.751. The Morgan fingerprint density at radius 3 is 2.66 bits per heavy atom. The van der Waals surface area contributed by atoms with Crippen molar-refractivity contribution in [3.8, 4) is 17.3 Å². The first kappa shape index (κ1) is 25.6. The van der Waals surface area contributed by atoms with Crippen LogP contribution >= 0.6 is 11.6 Å². The van der Waals surface area contributed by atoms with Crippen molar-refractivity contribution < 1.29 is 22.7 Å². The summed E-state index contributed by atoms with van der Waals surface area (Å²) in [6.45, 7) is 0.243. The zero-order chi connectivity index (χ0) is 27.2. The molecule has 1 aliphatic rings. The van der Waals surface area contributed by atoms with Crippen molar-refractivity contribution in [3.63, 3.8) is 0 Å². The third kappa shape index (κ3) is 4.44. The van der Waals surface area contributed by atoms with Crippen LogP contribution in [-0.4, -0.2) is 71.4 Å². The Labute approximate surface area is 221 Å². The first-order valence-corrected chi connectivity index (χ1v) is 13.7. The average molecular weight is 555 g/mol. The first-order chi connectivity index (χ1) is 18.1. The molecule has 0 saturated carbocycles. The van der Waals surface area contributed by atoms with Gasteiger partial charge in [0, 0.05) is 48.1 Å². The summed E-state index contributed by atoms with van der Waals surface area (Å²) in [4.78, 5) is 27.1. The van der Waals surface area contributed by atoms with Crippen molar-refractivity contribution in [2.24, 2.45) is 0 Å². The highest BCUT2D eigenvalue weighted by Gasteiger charge is 2.33. The van der Waals surface area contributed by atoms with Crippen molar-refractivity contribution in [2.75, 3.05) is 30.8 Å². The van der Waals surface area contributed by atoms with Crippen LogP contribution in [0.3, 0.4) is 0 Å². The monoisotopic (exact) mass is 554 g/mol. The van der Waals surface area contributed by atoms with Gasteiger partial charge in [-0.1, -0.05) is 41.9 Å². The fourth-order valence-corrected chi connectivity index (χ4v) is 5.48. The fraction of sp³-hybridized carbons (Fsp3) is 0.240. The SMILES string of the molecule is CS(=O)(=O)c1nc(N2CCN(C(=O)O)[C@@H](CC#N)C2)c2cnc(-c3cccc4cccc(Cl)c34)c(F)c2n1. The largest absolute Gasteiger partial charge is 0.465 e. The van der Waals surface area contributed by atoms with E-state index in [0.717, 1.165) is 16.5 Å². The van der Waals surface area contributed by atoms with E-state index in [4.69, 9.17) is 11.6 Å². The highest BCUT2D eigenvalue weighted by Crippen LogP contribution is 2.37. The van der Waals surface area contributed by atoms with Crippen molar-refractivity contribution >= 4 is 55.0 Å². The summed E-state index contributed by atoms with van der Waals surface area (Å²) in [7, 11) is -3.95. The van der Waals surface area contributed by atoms with Crippen LogP contribution in [0.25, 0.3) is 32.9 Å². The van der Waals surface area contributed by atoms with E-state index in [-0.39, 0.29) is 48.5 Å². The molecular formula is C25H20ClFN6O4S. The number of hydrogen-bond acceptors (Lipinski definition) is 8. The molecule has 0 spiro atoms. The van der Waals surface area contributed by atoms with E-state index in [1.165, 1.54) is 6.20 Å². The third-order valence-corrected chi connectivity index (χ3v) is 7.60. The number of sulfone groups is 1. The zero-order valence-corrected chi connectivity index (χ0v) is 21.5. The van der Waals surface area contributed by atoms with Gasteiger partial charge in [0.25, 0.3) is 0 Å². The predicted molar refractivity (Wildman–Crippen MR) is 139 cm³/mol. The Balaban J connectivity index is 1.72. The number of hydrogen-bond donors (Lipinski definition) is 1. The summed E-state index contributed by atoms with van der Waals surface area (Å²) < 4.78 is 41.1. The van der Waals surface area contributed by atoms with Crippen LogP contribution in [0, 0.1) is 17.1 Å². The van der Waals surface area contributed by atoms with Gasteiger partial charge in [0.15, 0.2) is 5.82 Å². The maximum Gasteiger partial charge on any atom is 0.407 e. The lowest BCUT2D eigenvalue weighted by Crippen LogP contribution is -2.55. The lowest BCUT2D eigenvalue weighted by molar-refractivity contribution is 0.119. The molecule has 2 aromatic heterocycles. The van der Waals surface area contributed by atoms with Crippen LogP contribution in [-0.2, 0) is 9.84 Å². The molecule has 0 unspecified atom stereocenters. The van der Waals surface area contributed by atoms with Crippen molar-refractivity contribution in [3.05, 3.63) is 53.4 Å². The predicted octanol–water partition coefficient (Wildman–Crippen LogP) is 4.12. The molecule has 1 saturated heterocycles. The smallest absolute Gasteiger partial charge is 0.407 e. The number of nitriles is 1. The number of aromatic nitrogens is 3. The summed E-state index contributed by atoms with van der Waals surface area (Å²) in [5, 5.41) is 20.1. The number of piperazine rings is 1. The van der Waals surface area contributed by atoms with Crippen LogP contribution in [0.2, 0.25) is 5.02 Å². The van der Waals surface area contributed by atoms with Crippen molar-refractivity contribution in [1.82, 2.24) is 19.9 Å². The number of carboxylic acid groups (broad SMARTS) is 1. The molecule has 1 amide bonds. The number of nitrogens with zero attached hydrogens (tertiary/aromatic N) is 6. The molecule has 4 aromatic rings. The van der Waals surface area contributed by atoms with Gasteiger partial charge in [-0.25, -0.2) is 27.6 Å². The second kappa shape index (κ2) is 9.66. The highest BCUT2D eigenvalue weighted by atomic mass is 35.5. The second-order valence-corrected chi connectivity index (χ2v) is 11.2. The standard InChI is InChI=1S/C25H20ClFN6O4S/c1-38(36,37)24-30-22-17(23(31-24)32-10-11-33(25(34)35)15(13-32)8-9-28)12-29-21(20(22)27)16-6-2-4-14-5-3-7-18(26)19(14)16/h2-7,12,15H,8,10-11,13H2,1H3,(H,34,35)/t15-/m0/s1. The molecule has 2 aromatic carbocycles. The highest BCUT2D eigenvalue weighted by molar-refractivity contribution is 7.90. The number of rotatable bonds is 4. The number of carbonyl (C=O) groups is 1. The molecular weight excluding hydrogens is 535 g/mol. The number of pyridine rings is 1. The lowest BCUT2D eigenvalue weighted by Gasteiger charge is -2.39. The van der Waals surface area contributed by atoms with Gasteiger partial charge in [-0.2, -0.15) is 5.26 Å². The van der Waals surface area contributed by atoms with Crippen LogP contribution < -0.4 is 4.90 Å². The first-order valence-electron chi connectivity index (χ1n) is 11.5. The molecule has 0 radical (unpaired) electrons. The maximum absolute atomic E-state index is 16.2. The lowest BCUT2D eigenvalue weighted by atomic mass is 10.0. The number of halogens is 2. The summed E-state index contributed by atoms with van der Waals surface area (Å²) in [5.41, 5.74) is 0.109. The average Bonchev–Trinajstić information content (AvgIpc) is 2.88. The van der Waals surface area contributed by atoms with Gasteiger partial charge in [0.05, 0.1) is 23.9 Å². The minimum atomic E-state index is -3.95. The number of anilines is 1. The molecule has 10 nitrogen and oxygen atoms in total. The minimum Gasteiger partial charge on any atom is -0.465 e. The summed E-state index contributed by atoms with van der Waals surface area (Å²) in [6.07, 6.45) is 1.04. The zero-order valence-electron chi connectivity index (χ0n) is 20.0. The Hall–Kier alpha value is -4.08. The van der Waals surface area contributed by atoms with E-state index in [0.29, 0.717) is 16.0 Å². The minimum absolute atomic E-state index is 0.0455. The van der Waals surface area contributed by atoms with E-state index in [1.54, 1.807) is 29.2 Å². The van der Waals surface area contributed by atoms with Gasteiger partial charge in [-0.15, -0.1) is 0 Å².